The SMILES string of the molecule is O=C(CNS(=O)(=O)c1cc(Cl)ccc1Cl)Nc1ccccc1F. The number of rotatable bonds is 5. The first-order valence-electron chi connectivity index (χ1n) is 6.29. The molecule has 0 saturated carbocycles. The monoisotopic (exact) mass is 376 g/mol. The van der Waals surface area contributed by atoms with E-state index in [1.807, 2.05) is 0 Å². The summed E-state index contributed by atoms with van der Waals surface area (Å²) in [5.41, 5.74) is -0.0440. The van der Waals surface area contributed by atoms with Crippen LogP contribution in [-0.2, 0) is 14.8 Å². The van der Waals surface area contributed by atoms with Crippen molar-refractivity contribution in [3.63, 3.8) is 0 Å². The lowest BCUT2D eigenvalue weighted by atomic mass is 10.3. The minimum atomic E-state index is -4.03. The molecule has 2 rings (SSSR count). The van der Waals surface area contributed by atoms with Gasteiger partial charge >= 0.3 is 0 Å². The number of halogens is 3. The molecule has 0 aliphatic rings. The topological polar surface area (TPSA) is 75.3 Å². The summed E-state index contributed by atoms with van der Waals surface area (Å²) in [6.07, 6.45) is 0. The van der Waals surface area contributed by atoms with E-state index in [1.54, 1.807) is 0 Å². The molecule has 0 radical (unpaired) electrons. The predicted octanol–water partition coefficient (Wildman–Crippen LogP) is 3.05. The number of para-hydroxylation sites is 1. The van der Waals surface area contributed by atoms with Gasteiger partial charge in [0.2, 0.25) is 15.9 Å². The molecule has 0 aliphatic carbocycles. The van der Waals surface area contributed by atoms with Crippen molar-refractivity contribution in [2.75, 3.05) is 11.9 Å². The zero-order chi connectivity index (χ0) is 17.0. The van der Waals surface area contributed by atoms with Crippen molar-refractivity contribution in [2.24, 2.45) is 0 Å². The first kappa shape index (κ1) is 17.7. The molecule has 0 fully saturated rings. The number of benzene rings is 2. The van der Waals surface area contributed by atoms with Crippen LogP contribution in [0, 0.1) is 5.82 Å². The van der Waals surface area contributed by atoms with Crippen LogP contribution in [0.25, 0.3) is 0 Å². The standard InChI is InChI=1S/C14H11Cl2FN2O3S/c15-9-5-6-10(16)13(7-9)23(21,22)18-8-14(20)19-12-4-2-1-3-11(12)17/h1-7,18H,8H2,(H,19,20). The zero-order valence-electron chi connectivity index (χ0n) is 11.5. The summed E-state index contributed by atoms with van der Waals surface area (Å²) in [4.78, 5) is 11.5. The van der Waals surface area contributed by atoms with E-state index in [0.717, 1.165) is 0 Å². The summed E-state index contributed by atoms with van der Waals surface area (Å²) in [5, 5.41) is 2.41. The number of anilines is 1. The molecule has 122 valence electrons. The Morgan fingerprint density at radius 3 is 2.52 bits per heavy atom. The average molecular weight is 377 g/mol. The van der Waals surface area contributed by atoms with Gasteiger partial charge < -0.3 is 5.32 Å². The summed E-state index contributed by atoms with van der Waals surface area (Å²) in [6.45, 7) is -0.584. The number of hydrogen-bond donors (Lipinski definition) is 2. The molecule has 2 aromatic rings. The average Bonchev–Trinajstić information content (AvgIpc) is 2.50. The highest BCUT2D eigenvalue weighted by Crippen LogP contribution is 2.24. The Bertz CT molecular complexity index is 844. The van der Waals surface area contributed by atoms with Gasteiger partial charge in [-0.1, -0.05) is 35.3 Å². The van der Waals surface area contributed by atoms with Crippen LogP contribution in [0.5, 0.6) is 0 Å². The summed E-state index contributed by atoms with van der Waals surface area (Å²) in [5.74, 6) is -1.35. The van der Waals surface area contributed by atoms with Crippen LogP contribution in [0.2, 0.25) is 10.0 Å². The van der Waals surface area contributed by atoms with E-state index >= 15 is 0 Å². The molecular formula is C14H11Cl2FN2O3S. The predicted molar refractivity (Wildman–Crippen MR) is 86.7 cm³/mol. The van der Waals surface area contributed by atoms with E-state index < -0.39 is 28.3 Å². The molecule has 1 amide bonds. The quantitative estimate of drug-likeness (QED) is 0.841. The largest absolute Gasteiger partial charge is 0.322 e. The van der Waals surface area contributed by atoms with Crippen LogP contribution in [0.15, 0.2) is 47.4 Å². The maximum absolute atomic E-state index is 13.4. The Labute approximate surface area is 142 Å². The fourth-order valence-electron chi connectivity index (χ4n) is 1.68. The van der Waals surface area contributed by atoms with Gasteiger partial charge in [-0.25, -0.2) is 17.5 Å². The lowest BCUT2D eigenvalue weighted by Gasteiger charge is -2.09. The van der Waals surface area contributed by atoms with Crippen molar-refractivity contribution in [2.45, 2.75) is 4.90 Å². The number of carbonyl (C=O) groups excluding carboxylic acids is 1. The molecule has 0 spiro atoms. The Kier molecular flexibility index (Phi) is 5.59. The van der Waals surface area contributed by atoms with E-state index in [2.05, 4.69) is 10.0 Å². The third kappa shape index (κ3) is 4.65. The van der Waals surface area contributed by atoms with Gasteiger partial charge in [0.15, 0.2) is 0 Å². The highest BCUT2D eigenvalue weighted by molar-refractivity contribution is 7.89. The maximum Gasteiger partial charge on any atom is 0.242 e. The minimum absolute atomic E-state index is 0.0311. The third-order valence-electron chi connectivity index (χ3n) is 2.75. The van der Waals surface area contributed by atoms with Gasteiger partial charge in [-0.3, -0.25) is 4.79 Å². The molecule has 0 unspecified atom stereocenters. The molecule has 2 N–H and O–H groups in total. The first-order chi connectivity index (χ1) is 10.8. The van der Waals surface area contributed by atoms with E-state index in [-0.39, 0.29) is 20.6 Å². The highest BCUT2D eigenvalue weighted by atomic mass is 35.5. The lowest BCUT2D eigenvalue weighted by molar-refractivity contribution is -0.115. The molecule has 2 aromatic carbocycles. The van der Waals surface area contributed by atoms with Crippen molar-refractivity contribution in [3.05, 3.63) is 58.3 Å². The van der Waals surface area contributed by atoms with Crippen LogP contribution < -0.4 is 10.0 Å². The minimum Gasteiger partial charge on any atom is -0.322 e. The molecule has 0 aromatic heterocycles. The number of nitrogens with one attached hydrogen (secondary N) is 2. The third-order valence-corrected chi connectivity index (χ3v) is 4.87. The fourth-order valence-corrected chi connectivity index (χ4v) is 3.42. The highest BCUT2D eigenvalue weighted by Gasteiger charge is 2.19. The fraction of sp³-hybridized carbons (Fsp3) is 0.0714. The number of hydrogen-bond acceptors (Lipinski definition) is 3. The normalized spacial score (nSPS) is 11.3. The van der Waals surface area contributed by atoms with E-state index in [0.29, 0.717) is 0 Å². The molecule has 5 nitrogen and oxygen atoms in total. The van der Waals surface area contributed by atoms with Crippen molar-refractivity contribution < 1.29 is 17.6 Å². The van der Waals surface area contributed by atoms with Gasteiger partial charge in [0.1, 0.15) is 10.7 Å². The summed E-state index contributed by atoms with van der Waals surface area (Å²) in [7, 11) is -4.03. The second-order valence-corrected chi connectivity index (χ2v) is 7.01. The summed E-state index contributed by atoms with van der Waals surface area (Å²) in [6, 6.07) is 9.47. The Balaban J connectivity index is 2.06. The van der Waals surface area contributed by atoms with E-state index in [1.165, 1.54) is 42.5 Å². The van der Waals surface area contributed by atoms with Crippen molar-refractivity contribution in [1.29, 1.82) is 0 Å². The van der Waals surface area contributed by atoms with E-state index in [4.69, 9.17) is 23.2 Å². The van der Waals surface area contributed by atoms with Crippen molar-refractivity contribution in [1.82, 2.24) is 4.72 Å². The Hall–Kier alpha value is -1.67. The van der Waals surface area contributed by atoms with Crippen LogP contribution in [-0.4, -0.2) is 20.9 Å². The molecule has 0 bridgehead atoms. The first-order valence-corrected chi connectivity index (χ1v) is 8.52. The van der Waals surface area contributed by atoms with E-state index in [9.17, 15) is 17.6 Å². The molecule has 0 aliphatic heterocycles. The smallest absolute Gasteiger partial charge is 0.242 e. The second kappa shape index (κ2) is 7.27. The van der Waals surface area contributed by atoms with Crippen LogP contribution in [0.3, 0.4) is 0 Å². The van der Waals surface area contributed by atoms with Gasteiger partial charge in [-0.15, -0.1) is 0 Å². The maximum atomic E-state index is 13.4. The van der Waals surface area contributed by atoms with Gasteiger partial charge in [-0.2, -0.15) is 0 Å². The summed E-state index contributed by atoms with van der Waals surface area (Å²) >= 11 is 11.6. The van der Waals surface area contributed by atoms with Crippen molar-refractivity contribution in [3.8, 4) is 0 Å². The number of amides is 1. The van der Waals surface area contributed by atoms with Crippen LogP contribution in [0.1, 0.15) is 0 Å². The van der Waals surface area contributed by atoms with Gasteiger partial charge in [0.25, 0.3) is 0 Å². The number of carbonyl (C=O) groups is 1. The molecule has 0 saturated heterocycles. The summed E-state index contributed by atoms with van der Waals surface area (Å²) < 4.78 is 39.7. The van der Waals surface area contributed by atoms with Crippen LogP contribution >= 0.6 is 23.2 Å². The molecule has 0 atom stereocenters. The Morgan fingerprint density at radius 1 is 1.13 bits per heavy atom. The van der Waals surface area contributed by atoms with Crippen molar-refractivity contribution >= 4 is 44.8 Å². The molecular weight excluding hydrogens is 366 g/mol. The van der Waals surface area contributed by atoms with Gasteiger partial charge in [-0.05, 0) is 30.3 Å². The number of sulfonamides is 1. The van der Waals surface area contributed by atoms with Gasteiger partial charge in [0, 0.05) is 5.02 Å². The molecule has 23 heavy (non-hydrogen) atoms. The molecule has 0 heterocycles. The van der Waals surface area contributed by atoms with Crippen LogP contribution in [0.4, 0.5) is 10.1 Å². The zero-order valence-corrected chi connectivity index (χ0v) is 13.8. The second-order valence-electron chi connectivity index (χ2n) is 4.43. The Morgan fingerprint density at radius 2 is 1.83 bits per heavy atom. The van der Waals surface area contributed by atoms with Gasteiger partial charge in [0.05, 0.1) is 17.3 Å². The lowest BCUT2D eigenvalue weighted by Crippen LogP contribution is -2.33. The molecule has 9 heteroatoms.